The van der Waals surface area contributed by atoms with Gasteiger partial charge in [0.05, 0.1) is 4.92 Å². The van der Waals surface area contributed by atoms with Gasteiger partial charge < -0.3 is 5.32 Å². The molecule has 0 atom stereocenters. The number of hydrogen-bond acceptors (Lipinski definition) is 3. The monoisotopic (exact) mass is 362 g/mol. The van der Waals surface area contributed by atoms with Gasteiger partial charge in [-0.05, 0) is 56.2 Å². The molecule has 0 radical (unpaired) electrons. The molecule has 1 amide bonds. The van der Waals surface area contributed by atoms with Gasteiger partial charge in [-0.15, -0.1) is 0 Å². The van der Waals surface area contributed by atoms with Gasteiger partial charge in [-0.1, -0.05) is 15.9 Å². The Hall–Kier alpha value is -2.21. The first kappa shape index (κ1) is 16.2. The Labute approximate surface area is 136 Å². The molecule has 0 spiro atoms. The number of nitrogens with one attached hydrogen (secondary N) is 1. The summed E-state index contributed by atoms with van der Waals surface area (Å²) in [5.74, 6) is -0.286. The van der Waals surface area contributed by atoms with E-state index >= 15 is 0 Å². The Morgan fingerprint density at radius 2 is 1.68 bits per heavy atom. The van der Waals surface area contributed by atoms with Crippen molar-refractivity contribution in [2.75, 3.05) is 5.32 Å². The van der Waals surface area contributed by atoms with Crippen molar-refractivity contribution in [2.24, 2.45) is 0 Å². The minimum Gasteiger partial charge on any atom is -0.322 e. The number of anilines is 1. The van der Waals surface area contributed by atoms with Crippen LogP contribution in [-0.4, -0.2) is 10.8 Å². The van der Waals surface area contributed by atoms with Crippen molar-refractivity contribution in [3.8, 4) is 0 Å². The van der Waals surface area contributed by atoms with Gasteiger partial charge >= 0.3 is 0 Å². The van der Waals surface area contributed by atoms with Gasteiger partial charge in [0, 0.05) is 27.4 Å². The maximum absolute atomic E-state index is 12.3. The minimum absolute atomic E-state index is 0.00699. The molecule has 0 saturated heterocycles. The molecule has 0 saturated carbocycles. The average molecular weight is 363 g/mol. The van der Waals surface area contributed by atoms with E-state index in [0.717, 1.165) is 21.3 Å². The molecule has 0 heterocycles. The van der Waals surface area contributed by atoms with Gasteiger partial charge in [0.15, 0.2) is 0 Å². The van der Waals surface area contributed by atoms with Crippen molar-refractivity contribution < 1.29 is 9.72 Å². The second-order valence-electron chi connectivity index (χ2n) is 5.13. The summed E-state index contributed by atoms with van der Waals surface area (Å²) in [4.78, 5) is 22.7. The third-order valence-corrected chi connectivity index (χ3v) is 3.85. The molecule has 0 fully saturated rings. The van der Waals surface area contributed by atoms with Crippen LogP contribution in [0, 0.1) is 30.9 Å². The largest absolute Gasteiger partial charge is 0.322 e. The summed E-state index contributed by atoms with van der Waals surface area (Å²) in [7, 11) is 0. The van der Waals surface area contributed by atoms with E-state index in [1.807, 2.05) is 26.0 Å². The van der Waals surface area contributed by atoms with Gasteiger partial charge in [-0.25, -0.2) is 0 Å². The second kappa shape index (κ2) is 6.27. The number of carbonyl (C=O) groups excluding carboxylic acids is 1. The topological polar surface area (TPSA) is 72.2 Å². The number of carbonyl (C=O) groups is 1. The van der Waals surface area contributed by atoms with Crippen LogP contribution in [-0.2, 0) is 0 Å². The normalized spacial score (nSPS) is 10.4. The number of aryl methyl sites for hydroxylation is 3. The molecule has 1 N–H and O–H groups in total. The Morgan fingerprint density at radius 1 is 1.09 bits per heavy atom. The van der Waals surface area contributed by atoms with Crippen molar-refractivity contribution in [1.82, 2.24) is 0 Å². The van der Waals surface area contributed by atoms with Gasteiger partial charge in [-0.3, -0.25) is 14.9 Å². The molecular weight excluding hydrogens is 348 g/mol. The molecule has 5 nitrogen and oxygen atoms in total. The van der Waals surface area contributed by atoms with E-state index in [1.165, 1.54) is 18.2 Å². The van der Waals surface area contributed by atoms with E-state index in [-0.39, 0.29) is 11.6 Å². The van der Waals surface area contributed by atoms with Crippen molar-refractivity contribution in [2.45, 2.75) is 20.8 Å². The number of amides is 1. The van der Waals surface area contributed by atoms with Crippen molar-refractivity contribution in [3.63, 3.8) is 0 Å². The Bertz CT molecular complexity index is 749. The highest BCUT2D eigenvalue weighted by Crippen LogP contribution is 2.26. The van der Waals surface area contributed by atoms with E-state index in [9.17, 15) is 14.9 Å². The smallest absolute Gasteiger partial charge is 0.272 e. The highest BCUT2D eigenvalue weighted by atomic mass is 79.9. The first-order valence-electron chi connectivity index (χ1n) is 6.62. The molecule has 2 aromatic rings. The maximum Gasteiger partial charge on any atom is 0.272 e. The summed E-state index contributed by atoms with van der Waals surface area (Å²) in [5, 5.41) is 13.7. The molecule has 114 valence electrons. The minimum atomic E-state index is -0.458. The lowest BCUT2D eigenvalue weighted by Crippen LogP contribution is -2.14. The standard InChI is InChI=1S/C16H15BrN2O3/c1-9-6-12(4-5-14(9)19(21)22)16(20)18-15-10(2)7-13(17)8-11(15)3/h4-8H,1-3H3,(H,18,20). The van der Waals surface area contributed by atoms with Crippen LogP contribution in [0.15, 0.2) is 34.8 Å². The first-order chi connectivity index (χ1) is 10.3. The van der Waals surface area contributed by atoms with Crippen LogP contribution in [0.4, 0.5) is 11.4 Å². The lowest BCUT2D eigenvalue weighted by Gasteiger charge is -2.12. The molecule has 2 rings (SSSR count). The maximum atomic E-state index is 12.3. The lowest BCUT2D eigenvalue weighted by molar-refractivity contribution is -0.385. The zero-order chi connectivity index (χ0) is 16.4. The SMILES string of the molecule is Cc1cc(C(=O)Nc2c(C)cc(Br)cc2C)ccc1[N+](=O)[O-]. The summed E-state index contributed by atoms with van der Waals surface area (Å²) in [6.07, 6.45) is 0. The zero-order valence-electron chi connectivity index (χ0n) is 12.4. The van der Waals surface area contributed by atoms with Gasteiger partial charge in [-0.2, -0.15) is 0 Å². The summed E-state index contributed by atoms with van der Waals surface area (Å²) >= 11 is 3.41. The molecule has 0 unspecified atom stereocenters. The summed E-state index contributed by atoms with van der Waals surface area (Å²) < 4.78 is 0.951. The van der Waals surface area contributed by atoms with Crippen LogP contribution in [0.5, 0.6) is 0 Å². The van der Waals surface area contributed by atoms with Crippen LogP contribution < -0.4 is 5.32 Å². The van der Waals surface area contributed by atoms with Crippen molar-refractivity contribution in [1.29, 1.82) is 0 Å². The van der Waals surface area contributed by atoms with Crippen LogP contribution in [0.2, 0.25) is 0 Å². The Kier molecular flexibility index (Phi) is 4.61. The van der Waals surface area contributed by atoms with Crippen molar-refractivity contribution in [3.05, 3.63) is 67.2 Å². The predicted octanol–water partition coefficient (Wildman–Crippen LogP) is 4.53. The van der Waals surface area contributed by atoms with Crippen LogP contribution in [0.3, 0.4) is 0 Å². The quantitative estimate of drug-likeness (QED) is 0.643. The fraction of sp³-hybridized carbons (Fsp3) is 0.188. The van der Waals surface area contributed by atoms with Gasteiger partial charge in [0.1, 0.15) is 0 Å². The van der Waals surface area contributed by atoms with Crippen LogP contribution in [0.25, 0.3) is 0 Å². The highest BCUT2D eigenvalue weighted by Gasteiger charge is 2.15. The first-order valence-corrected chi connectivity index (χ1v) is 7.42. The third-order valence-electron chi connectivity index (χ3n) is 3.39. The fourth-order valence-corrected chi connectivity index (χ4v) is 2.98. The number of halogens is 1. The zero-order valence-corrected chi connectivity index (χ0v) is 14.0. The fourth-order valence-electron chi connectivity index (χ4n) is 2.30. The summed E-state index contributed by atoms with van der Waals surface area (Å²) in [5.41, 5.74) is 3.50. The molecule has 0 aliphatic rings. The number of hydrogen-bond donors (Lipinski definition) is 1. The number of nitro groups is 1. The number of benzene rings is 2. The average Bonchev–Trinajstić information content (AvgIpc) is 2.41. The second-order valence-corrected chi connectivity index (χ2v) is 6.04. The van der Waals surface area contributed by atoms with E-state index < -0.39 is 4.92 Å². The van der Waals surface area contributed by atoms with E-state index in [4.69, 9.17) is 0 Å². The highest BCUT2D eigenvalue weighted by molar-refractivity contribution is 9.10. The lowest BCUT2D eigenvalue weighted by atomic mass is 10.1. The van der Waals surface area contributed by atoms with Gasteiger partial charge in [0.25, 0.3) is 11.6 Å². The predicted molar refractivity (Wildman–Crippen MR) is 89.4 cm³/mol. The van der Waals surface area contributed by atoms with E-state index in [1.54, 1.807) is 6.92 Å². The molecule has 2 aromatic carbocycles. The molecule has 0 bridgehead atoms. The molecular formula is C16H15BrN2O3. The Balaban J connectivity index is 2.30. The van der Waals surface area contributed by atoms with Gasteiger partial charge in [0.2, 0.25) is 0 Å². The van der Waals surface area contributed by atoms with Crippen molar-refractivity contribution >= 4 is 33.2 Å². The molecule has 6 heteroatoms. The van der Waals surface area contributed by atoms with E-state index in [0.29, 0.717) is 11.1 Å². The summed E-state index contributed by atoms with van der Waals surface area (Å²) in [6, 6.07) is 8.18. The number of rotatable bonds is 3. The number of nitrogens with zero attached hydrogens (tertiary/aromatic N) is 1. The molecule has 0 aromatic heterocycles. The van der Waals surface area contributed by atoms with Crippen LogP contribution >= 0.6 is 15.9 Å². The Morgan fingerprint density at radius 3 is 2.18 bits per heavy atom. The molecule has 22 heavy (non-hydrogen) atoms. The van der Waals surface area contributed by atoms with Crippen LogP contribution in [0.1, 0.15) is 27.0 Å². The third kappa shape index (κ3) is 3.33. The molecule has 0 aliphatic heterocycles. The molecule has 0 aliphatic carbocycles. The number of nitro benzene ring substituents is 1. The summed E-state index contributed by atoms with van der Waals surface area (Å²) in [6.45, 7) is 5.44. The van der Waals surface area contributed by atoms with E-state index in [2.05, 4.69) is 21.2 Å².